The van der Waals surface area contributed by atoms with E-state index in [0.717, 1.165) is 32.5 Å². The van der Waals surface area contributed by atoms with E-state index in [1.165, 1.54) is 19.3 Å². The molecule has 1 rings (SSSR count). The molecule has 1 fully saturated rings. The van der Waals surface area contributed by atoms with Gasteiger partial charge in [-0.15, -0.1) is 0 Å². The Morgan fingerprint density at radius 1 is 1.17 bits per heavy atom. The molecule has 18 heavy (non-hydrogen) atoms. The van der Waals surface area contributed by atoms with Gasteiger partial charge in [-0.2, -0.15) is 0 Å². The Morgan fingerprint density at radius 3 is 2.44 bits per heavy atom. The van der Waals surface area contributed by atoms with E-state index in [0.29, 0.717) is 13.0 Å². The Bertz CT molecular complexity index is 208. The summed E-state index contributed by atoms with van der Waals surface area (Å²) in [4.78, 5) is 2.23. The molecule has 0 radical (unpaired) electrons. The van der Waals surface area contributed by atoms with Crippen LogP contribution in [0.1, 0.15) is 45.4 Å². The smallest absolute Gasteiger partial charge is 0.167 e. The van der Waals surface area contributed by atoms with Crippen molar-refractivity contribution < 1.29 is 13.9 Å². The first-order valence-corrected chi connectivity index (χ1v) is 7.24. The maximum Gasteiger partial charge on any atom is 0.167 e. The molecule has 1 aliphatic carbocycles. The highest BCUT2D eigenvalue weighted by Gasteiger charge is 2.32. The molecule has 1 saturated carbocycles. The van der Waals surface area contributed by atoms with Crippen LogP contribution in [0.2, 0.25) is 0 Å². The van der Waals surface area contributed by atoms with E-state index in [1.807, 2.05) is 0 Å². The minimum Gasteiger partial charge on any atom is -0.353 e. The van der Waals surface area contributed by atoms with Crippen LogP contribution in [0.4, 0.5) is 4.39 Å². The SMILES string of the molecule is CCN(CCC[18F])CCOC1(OC)CCCCC1. The minimum atomic E-state index is -0.349. The van der Waals surface area contributed by atoms with Crippen molar-refractivity contribution in [2.45, 2.75) is 51.2 Å². The van der Waals surface area contributed by atoms with E-state index < -0.39 is 0 Å². The molecule has 108 valence electrons. The molecule has 0 amide bonds. The molecule has 3 nitrogen and oxygen atoms in total. The van der Waals surface area contributed by atoms with Crippen molar-refractivity contribution in [2.24, 2.45) is 0 Å². The lowest BCUT2D eigenvalue weighted by molar-refractivity contribution is -0.239. The number of hydrogen-bond acceptors (Lipinski definition) is 3. The Kier molecular flexibility index (Phi) is 7.79. The highest BCUT2D eigenvalue weighted by Crippen LogP contribution is 2.31. The molecule has 1 aliphatic rings. The number of halogens is 1. The molecule has 0 spiro atoms. The number of rotatable bonds is 9. The molecule has 4 heteroatoms. The molecule has 0 aromatic carbocycles. The van der Waals surface area contributed by atoms with Crippen LogP contribution in [0.15, 0.2) is 0 Å². The Labute approximate surface area is 111 Å². The molecule has 0 aromatic rings. The van der Waals surface area contributed by atoms with Gasteiger partial charge in [0.05, 0.1) is 13.3 Å². The van der Waals surface area contributed by atoms with Crippen molar-refractivity contribution >= 4 is 0 Å². The molecule has 0 heterocycles. The average Bonchev–Trinajstić information content (AvgIpc) is 2.43. The van der Waals surface area contributed by atoms with Gasteiger partial charge in [0.2, 0.25) is 0 Å². The predicted octanol–water partition coefficient (Wildman–Crippen LogP) is 2.99. The highest BCUT2D eigenvalue weighted by atomic mass is 18.2. The fourth-order valence-electron chi connectivity index (χ4n) is 2.57. The summed E-state index contributed by atoms with van der Waals surface area (Å²) in [5.74, 6) is -0.349. The van der Waals surface area contributed by atoms with Crippen LogP contribution in [0.5, 0.6) is 0 Å². The normalized spacial score (nSPS) is 19.3. The van der Waals surface area contributed by atoms with Crippen LogP contribution in [-0.2, 0) is 9.47 Å². The quantitative estimate of drug-likeness (QED) is 0.595. The Balaban J connectivity index is 2.24. The number of methoxy groups -OCH3 is 1. The molecule has 0 atom stereocenters. The van der Waals surface area contributed by atoms with Gasteiger partial charge < -0.3 is 14.4 Å². The van der Waals surface area contributed by atoms with Crippen molar-refractivity contribution in [2.75, 3.05) is 40.0 Å². The maximum absolute atomic E-state index is 12.1. The van der Waals surface area contributed by atoms with Gasteiger partial charge in [0.1, 0.15) is 0 Å². The van der Waals surface area contributed by atoms with E-state index in [2.05, 4.69) is 11.8 Å². The summed E-state index contributed by atoms with van der Waals surface area (Å²) >= 11 is 0. The van der Waals surface area contributed by atoms with Gasteiger partial charge in [-0.05, 0) is 25.8 Å². The monoisotopic (exact) mass is 260 g/mol. The van der Waals surface area contributed by atoms with E-state index >= 15 is 0 Å². The summed E-state index contributed by atoms with van der Waals surface area (Å²) in [7, 11) is 1.74. The summed E-state index contributed by atoms with van der Waals surface area (Å²) in [5.41, 5.74) is 0. The zero-order chi connectivity index (χ0) is 13.3. The lowest BCUT2D eigenvalue weighted by atomic mass is 9.94. The van der Waals surface area contributed by atoms with Gasteiger partial charge >= 0.3 is 0 Å². The Morgan fingerprint density at radius 2 is 1.89 bits per heavy atom. The van der Waals surface area contributed by atoms with Gasteiger partial charge in [-0.1, -0.05) is 13.3 Å². The first-order valence-electron chi connectivity index (χ1n) is 7.24. The van der Waals surface area contributed by atoms with Crippen LogP contribution in [0, 0.1) is 0 Å². The van der Waals surface area contributed by atoms with Crippen molar-refractivity contribution in [3.05, 3.63) is 0 Å². The summed E-state index contributed by atoms with van der Waals surface area (Å²) in [6.07, 6.45) is 6.27. The summed E-state index contributed by atoms with van der Waals surface area (Å²) in [6, 6.07) is 0. The second kappa shape index (κ2) is 8.83. The third kappa shape index (κ3) is 5.21. The number of hydrogen-bond donors (Lipinski definition) is 0. The van der Waals surface area contributed by atoms with Crippen molar-refractivity contribution in [3.8, 4) is 0 Å². The summed E-state index contributed by atoms with van der Waals surface area (Å²) < 4.78 is 23.7. The molecule has 0 saturated heterocycles. The molecule has 0 bridgehead atoms. The van der Waals surface area contributed by atoms with Crippen LogP contribution < -0.4 is 0 Å². The third-order valence-corrected chi connectivity index (χ3v) is 3.82. The first kappa shape index (κ1) is 15.9. The third-order valence-electron chi connectivity index (χ3n) is 3.82. The van der Waals surface area contributed by atoms with Crippen molar-refractivity contribution in [3.63, 3.8) is 0 Å². The molecule has 0 N–H and O–H groups in total. The number of ether oxygens (including phenoxy) is 2. The van der Waals surface area contributed by atoms with Crippen LogP contribution in [-0.4, -0.2) is 50.7 Å². The van der Waals surface area contributed by atoms with E-state index in [9.17, 15) is 4.39 Å². The van der Waals surface area contributed by atoms with E-state index in [4.69, 9.17) is 9.47 Å². The standard InChI is InChI=1S/C14H28FNO2/c1-3-16(11-7-10-15)12-13-18-14(17-2)8-5-4-6-9-14/h3-13H2,1-2H3/i15-1. The zero-order valence-electron chi connectivity index (χ0n) is 11.9. The average molecular weight is 260 g/mol. The van der Waals surface area contributed by atoms with Crippen molar-refractivity contribution in [1.82, 2.24) is 4.90 Å². The minimum absolute atomic E-state index is 0.237. The lowest BCUT2D eigenvalue weighted by Crippen LogP contribution is -2.40. The summed E-state index contributed by atoms with van der Waals surface area (Å²) in [5, 5.41) is 0. The van der Waals surface area contributed by atoms with Gasteiger partial charge in [-0.25, -0.2) is 0 Å². The highest BCUT2D eigenvalue weighted by molar-refractivity contribution is 4.75. The molecule has 0 aromatic heterocycles. The van der Waals surface area contributed by atoms with Crippen LogP contribution in [0.3, 0.4) is 0 Å². The second-order valence-electron chi connectivity index (χ2n) is 5.00. The second-order valence-corrected chi connectivity index (χ2v) is 5.00. The number of nitrogens with zero attached hydrogens (tertiary/aromatic N) is 1. The van der Waals surface area contributed by atoms with Crippen LogP contribution in [0.25, 0.3) is 0 Å². The van der Waals surface area contributed by atoms with Gasteiger partial charge in [0.15, 0.2) is 5.79 Å². The van der Waals surface area contributed by atoms with Gasteiger partial charge in [-0.3, -0.25) is 4.39 Å². The fourth-order valence-corrected chi connectivity index (χ4v) is 2.57. The molecule has 0 unspecified atom stereocenters. The zero-order valence-corrected chi connectivity index (χ0v) is 11.9. The predicted molar refractivity (Wildman–Crippen MR) is 71.5 cm³/mol. The Hall–Kier alpha value is -0.190. The number of likely N-dealkylation sites (N-methyl/N-ethyl adjacent to an activating group) is 1. The summed E-state index contributed by atoms with van der Waals surface area (Å²) in [6.45, 7) is 5.17. The largest absolute Gasteiger partial charge is 0.353 e. The van der Waals surface area contributed by atoms with Gasteiger partial charge in [0.25, 0.3) is 0 Å². The van der Waals surface area contributed by atoms with E-state index in [-0.39, 0.29) is 12.5 Å². The molecular weight excluding hydrogens is 232 g/mol. The first-order chi connectivity index (χ1) is 8.76. The van der Waals surface area contributed by atoms with Gasteiger partial charge in [0, 0.05) is 33.0 Å². The van der Waals surface area contributed by atoms with E-state index in [1.54, 1.807) is 7.11 Å². The number of alkyl halides is 1. The van der Waals surface area contributed by atoms with Crippen LogP contribution >= 0.6 is 0 Å². The lowest BCUT2D eigenvalue weighted by Gasteiger charge is -2.36. The molecular formula is C14H28FNO2. The van der Waals surface area contributed by atoms with Crippen molar-refractivity contribution in [1.29, 1.82) is 0 Å². The fraction of sp³-hybridized carbons (Fsp3) is 1.00. The maximum atomic E-state index is 12.1. The topological polar surface area (TPSA) is 21.7 Å². The molecule has 0 aliphatic heterocycles.